The van der Waals surface area contributed by atoms with Gasteiger partial charge in [-0.25, -0.2) is 12.8 Å². The first-order valence-corrected chi connectivity index (χ1v) is 7.81. The van der Waals surface area contributed by atoms with Crippen molar-refractivity contribution >= 4 is 31.6 Å². The lowest BCUT2D eigenvalue weighted by Gasteiger charge is -2.06. The fraction of sp³-hybridized carbons (Fsp3) is 0.182. The summed E-state index contributed by atoms with van der Waals surface area (Å²) in [7, 11) is -3.80. The Balaban J connectivity index is 2.23. The number of aliphatic hydroxyl groups excluding tert-OH is 1. The molecule has 9 heteroatoms. The Morgan fingerprint density at radius 2 is 2.20 bits per heavy atom. The maximum atomic E-state index is 13.1. The van der Waals surface area contributed by atoms with Gasteiger partial charge in [-0.05, 0) is 34.1 Å². The molecule has 0 unspecified atom stereocenters. The molecule has 0 radical (unpaired) electrons. The van der Waals surface area contributed by atoms with E-state index in [0.717, 1.165) is 6.07 Å². The van der Waals surface area contributed by atoms with Crippen LogP contribution >= 0.6 is 15.9 Å². The van der Waals surface area contributed by atoms with Gasteiger partial charge in [0, 0.05) is 6.20 Å². The Labute approximate surface area is 123 Å². The number of hydrogen-bond donors (Lipinski definition) is 2. The standard InChI is InChI=1S/C11H11BrFN3O3S/c12-10-5-8(1-2-11(10)13)15-20(18,19)9-6-14-16(7-9)3-4-17/h1-2,5-7,15,17H,3-4H2. The van der Waals surface area contributed by atoms with E-state index in [9.17, 15) is 12.8 Å². The molecule has 0 fully saturated rings. The fourth-order valence-corrected chi connectivity index (χ4v) is 2.86. The number of sulfonamides is 1. The zero-order chi connectivity index (χ0) is 14.8. The van der Waals surface area contributed by atoms with E-state index in [1.165, 1.54) is 29.2 Å². The minimum Gasteiger partial charge on any atom is -0.394 e. The molecule has 0 saturated carbocycles. The molecule has 0 atom stereocenters. The van der Waals surface area contributed by atoms with Gasteiger partial charge in [-0.3, -0.25) is 9.40 Å². The fourth-order valence-electron chi connectivity index (χ4n) is 1.48. The van der Waals surface area contributed by atoms with Crippen molar-refractivity contribution in [3.8, 4) is 0 Å². The van der Waals surface area contributed by atoms with Crippen LogP contribution in [0.5, 0.6) is 0 Å². The van der Waals surface area contributed by atoms with Gasteiger partial charge >= 0.3 is 0 Å². The second kappa shape index (κ2) is 5.90. The number of rotatable bonds is 5. The summed E-state index contributed by atoms with van der Waals surface area (Å²) in [6.45, 7) is 0.0666. The summed E-state index contributed by atoms with van der Waals surface area (Å²) in [6, 6.07) is 3.79. The summed E-state index contributed by atoms with van der Waals surface area (Å²) < 4.78 is 41.0. The van der Waals surface area contributed by atoms with Crippen LogP contribution in [0.1, 0.15) is 0 Å². The van der Waals surface area contributed by atoms with E-state index in [1.54, 1.807) is 0 Å². The first-order valence-electron chi connectivity index (χ1n) is 5.53. The van der Waals surface area contributed by atoms with Gasteiger partial charge in [-0.15, -0.1) is 0 Å². The number of aliphatic hydroxyl groups is 1. The summed E-state index contributed by atoms with van der Waals surface area (Å²) in [4.78, 5) is -0.0357. The molecule has 108 valence electrons. The zero-order valence-electron chi connectivity index (χ0n) is 10.1. The highest BCUT2D eigenvalue weighted by Crippen LogP contribution is 2.22. The highest BCUT2D eigenvalue weighted by atomic mass is 79.9. The minimum absolute atomic E-state index is 0.0357. The summed E-state index contributed by atoms with van der Waals surface area (Å²) >= 11 is 2.98. The SMILES string of the molecule is O=S(=O)(Nc1ccc(F)c(Br)c1)c1cnn(CCO)c1. The normalized spacial score (nSPS) is 11.6. The molecule has 6 nitrogen and oxygen atoms in total. The van der Waals surface area contributed by atoms with Gasteiger partial charge < -0.3 is 5.11 Å². The third-order valence-electron chi connectivity index (χ3n) is 2.42. The Kier molecular flexibility index (Phi) is 4.41. The van der Waals surface area contributed by atoms with Gasteiger partial charge in [-0.1, -0.05) is 0 Å². The van der Waals surface area contributed by atoms with Gasteiger partial charge in [0.1, 0.15) is 10.7 Å². The van der Waals surface area contributed by atoms with Crippen molar-refractivity contribution in [2.24, 2.45) is 0 Å². The number of hydrogen-bond acceptors (Lipinski definition) is 4. The third kappa shape index (κ3) is 3.35. The molecule has 1 aromatic heterocycles. The second-order valence-electron chi connectivity index (χ2n) is 3.90. The van der Waals surface area contributed by atoms with Crippen molar-refractivity contribution < 1.29 is 17.9 Å². The van der Waals surface area contributed by atoms with E-state index < -0.39 is 15.8 Å². The molecule has 0 aliphatic carbocycles. The largest absolute Gasteiger partial charge is 0.394 e. The first kappa shape index (κ1) is 14.9. The summed E-state index contributed by atoms with van der Waals surface area (Å²) in [5.41, 5.74) is 0.230. The predicted molar refractivity (Wildman–Crippen MR) is 74.2 cm³/mol. The van der Waals surface area contributed by atoms with Crippen molar-refractivity contribution in [2.45, 2.75) is 11.4 Å². The Bertz CT molecular complexity index is 717. The zero-order valence-corrected chi connectivity index (χ0v) is 12.5. The van der Waals surface area contributed by atoms with Gasteiger partial charge in [0.15, 0.2) is 0 Å². The lowest BCUT2D eigenvalue weighted by Crippen LogP contribution is -2.12. The van der Waals surface area contributed by atoms with Crippen LogP contribution in [-0.4, -0.2) is 29.9 Å². The molecule has 0 aliphatic rings. The van der Waals surface area contributed by atoms with E-state index in [1.807, 2.05) is 0 Å². The van der Waals surface area contributed by atoms with Crippen molar-refractivity contribution in [3.63, 3.8) is 0 Å². The maximum absolute atomic E-state index is 13.1. The molecule has 1 aromatic carbocycles. The van der Waals surface area contributed by atoms with Gasteiger partial charge in [0.25, 0.3) is 10.0 Å². The summed E-state index contributed by atoms with van der Waals surface area (Å²) in [5.74, 6) is -0.483. The molecule has 20 heavy (non-hydrogen) atoms. The highest BCUT2D eigenvalue weighted by molar-refractivity contribution is 9.10. The van der Waals surface area contributed by atoms with E-state index in [4.69, 9.17) is 5.11 Å². The Hall–Kier alpha value is -1.45. The molecule has 0 bridgehead atoms. The Morgan fingerprint density at radius 1 is 1.45 bits per heavy atom. The predicted octanol–water partition coefficient (Wildman–Crippen LogP) is 1.58. The van der Waals surface area contributed by atoms with Crippen LogP contribution in [0.15, 0.2) is 40.0 Å². The van der Waals surface area contributed by atoms with Gasteiger partial charge in [0.2, 0.25) is 0 Å². The van der Waals surface area contributed by atoms with E-state index >= 15 is 0 Å². The number of nitrogens with zero attached hydrogens (tertiary/aromatic N) is 2. The molecular formula is C11H11BrFN3O3S. The van der Waals surface area contributed by atoms with Gasteiger partial charge in [0.05, 0.1) is 29.5 Å². The molecule has 0 aliphatic heterocycles. The average Bonchev–Trinajstić information content (AvgIpc) is 2.83. The molecular weight excluding hydrogens is 353 g/mol. The van der Waals surface area contributed by atoms with Crippen LogP contribution in [0.2, 0.25) is 0 Å². The lowest BCUT2D eigenvalue weighted by molar-refractivity contribution is 0.269. The monoisotopic (exact) mass is 363 g/mol. The smallest absolute Gasteiger partial charge is 0.265 e. The van der Waals surface area contributed by atoms with Crippen LogP contribution in [0, 0.1) is 5.82 Å². The molecule has 0 saturated heterocycles. The topological polar surface area (TPSA) is 84.2 Å². The van der Waals surface area contributed by atoms with Crippen molar-refractivity contribution in [1.29, 1.82) is 0 Å². The first-order chi connectivity index (χ1) is 9.42. The number of benzene rings is 1. The molecule has 0 amide bonds. The number of halogens is 2. The second-order valence-corrected chi connectivity index (χ2v) is 6.43. The van der Waals surface area contributed by atoms with Crippen molar-refractivity contribution in [3.05, 3.63) is 40.9 Å². The van der Waals surface area contributed by atoms with E-state index in [2.05, 4.69) is 25.8 Å². The molecule has 1 heterocycles. The minimum atomic E-state index is -3.80. The van der Waals surface area contributed by atoms with Crippen LogP contribution in [0.3, 0.4) is 0 Å². The number of nitrogens with one attached hydrogen (secondary N) is 1. The highest BCUT2D eigenvalue weighted by Gasteiger charge is 2.17. The average molecular weight is 364 g/mol. The van der Waals surface area contributed by atoms with E-state index in [-0.39, 0.29) is 28.2 Å². The number of anilines is 1. The molecule has 2 rings (SSSR count). The quantitative estimate of drug-likeness (QED) is 0.844. The maximum Gasteiger partial charge on any atom is 0.265 e. The van der Waals surface area contributed by atoms with Crippen molar-refractivity contribution in [1.82, 2.24) is 9.78 Å². The molecule has 2 aromatic rings. The third-order valence-corrected chi connectivity index (χ3v) is 4.36. The summed E-state index contributed by atoms with van der Waals surface area (Å²) in [5, 5.41) is 12.6. The van der Waals surface area contributed by atoms with Gasteiger partial charge in [-0.2, -0.15) is 5.10 Å². The van der Waals surface area contributed by atoms with Crippen LogP contribution in [0.25, 0.3) is 0 Å². The summed E-state index contributed by atoms with van der Waals surface area (Å²) in [6.07, 6.45) is 2.48. The lowest BCUT2D eigenvalue weighted by atomic mass is 10.3. The van der Waals surface area contributed by atoms with Crippen LogP contribution in [0.4, 0.5) is 10.1 Å². The van der Waals surface area contributed by atoms with E-state index in [0.29, 0.717) is 0 Å². The molecule has 2 N–H and O–H groups in total. The molecule has 0 spiro atoms. The van der Waals surface area contributed by atoms with Crippen LogP contribution < -0.4 is 4.72 Å². The van der Waals surface area contributed by atoms with Crippen LogP contribution in [-0.2, 0) is 16.6 Å². The number of aromatic nitrogens is 2. The van der Waals surface area contributed by atoms with Crippen molar-refractivity contribution in [2.75, 3.05) is 11.3 Å². The Morgan fingerprint density at radius 3 is 2.85 bits per heavy atom.